The molecule has 1 aliphatic heterocycles. The molecular weight excluding hydrogens is 423 g/mol. The van der Waals surface area contributed by atoms with Gasteiger partial charge >= 0.3 is 0 Å². The number of carbonyl (C=O) groups excluding carboxylic acids is 2. The summed E-state index contributed by atoms with van der Waals surface area (Å²) in [5, 5.41) is 17.8. The van der Waals surface area contributed by atoms with E-state index < -0.39 is 18.0 Å². The van der Waals surface area contributed by atoms with Crippen LogP contribution in [-0.4, -0.2) is 44.2 Å². The molecule has 2 aromatic carbocycles. The largest absolute Gasteiger partial charge is 0.387 e. The van der Waals surface area contributed by atoms with Crippen molar-refractivity contribution in [1.82, 2.24) is 20.0 Å². The van der Waals surface area contributed by atoms with E-state index in [1.165, 1.54) is 11.0 Å². The lowest BCUT2D eigenvalue weighted by Crippen LogP contribution is -2.58. The van der Waals surface area contributed by atoms with Gasteiger partial charge in [0.2, 0.25) is 11.8 Å². The first-order valence-corrected chi connectivity index (χ1v) is 10.4. The van der Waals surface area contributed by atoms with Crippen molar-refractivity contribution in [1.29, 1.82) is 0 Å². The molecule has 0 bridgehead atoms. The number of amides is 2. The zero-order valence-electron chi connectivity index (χ0n) is 16.9. The zero-order chi connectivity index (χ0) is 22.1. The number of rotatable bonds is 6. The maximum absolute atomic E-state index is 14.0. The molecule has 1 aromatic heterocycles. The van der Waals surface area contributed by atoms with E-state index in [0.29, 0.717) is 18.7 Å². The molecule has 9 heteroatoms. The smallest absolute Gasteiger partial charge is 0.245 e. The quantitative estimate of drug-likeness (QED) is 0.612. The van der Waals surface area contributed by atoms with Gasteiger partial charge in [-0.2, -0.15) is 5.10 Å². The zero-order valence-corrected chi connectivity index (χ0v) is 17.6. The van der Waals surface area contributed by atoms with Crippen LogP contribution in [0.25, 0.3) is 10.9 Å². The average molecular weight is 445 g/mol. The number of para-hydroxylation sites is 1. The molecule has 2 amide bonds. The van der Waals surface area contributed by atoms with Crippen molar-refractivity contribution in [2.24, 2.45) is 0 Å². The molecule has 0 saturated carbocycles. The fraction of sp³-hybridized carbons (Fsp3) is 0.318. The number of aliphatic hydroxyl groups excluding tert-OH is 1. The van der Waals surface area contributed by atoms with Crippen molar-refractivity contribution in [3.8, 4) is 0 Å². The van der Waals surface area contributed by atoms with Crippen LogP contribution in [0, 0.1) is 5.82 Å². The number of aliphatic hydroxyl groups is 1. The minimum atomic E-state index is -0.768. The van der Waals surface area contributed by atoms with Gasteiger partial charge in [0.05, 0.1) is 22.3 Å². The molecular formula is C22H22ClFN4O3. The topological polar surface area (TPSA) is 87.5 Å². The number of aromatic nitrogens is 2. The van der Waals surface area contributed by atoms with Crippen LogP contribution in [-0.2, 0) is 22.7 Å². The summed E-state index contributed by atoms with van der Waals surface area (Å²) >= 11 is 5.77. The number of hydrogen-bond donors (Lipinski definition) is 2. The lowest BCUT2D eigenvalue weighted by Gasteiger charge is -2.39. The summed E-state index contributed by atoms with van der Waals surface area (Å²) in [7, 11) is 0. The molecule has 1 aliphatic rings. The molecule has 0 aliphatic carbocycles. The summed E-state index contributed by atoms with van der Waals surface area (Å²) in [6, 6.07) is 11.4. The number of benzene rings is 2. The molecule has 2 unspecified atom stereocenters. The van der Waals surface area contributed by atoms with E-state index in [-0.39, 0.29) is 35.5 Å². The minimum Gasteiger partial charge on any atom is -0.387 e. The van der Waals surface area contributed by atoms with Crippen LogP contribution in [0.2, 0.25) is 5.02 Å². The summed E-state index contributed by atoms with van der Waals surface area (Å²) < 4.78 is 15.6. The third-order valence-corrected chi connectivity index (χ3v) is 5.79. The van der Waals surface area contributed by atoms with Gasteiger partial charge in [0.1, 0.15) is 18.4 Å². The molecule has 2 atom stereocenters. The van der Waals surface area contributed by atoms with E-state index in [4.69, 9.17) is 11.6 Å². The summed E-state index contributed by atoms with van der Waals surface area (Å²) in [6.45, 7) is 2.04. The first kappa shape index (κ1) is 21.3. The molecule has 31 heavy (non-hydrogen) atoms. The summed E-state index contributed by atoms with van der Waals surface area (Å²) in [5.41, 5.74) is 1.53. The third-order valence-electron chi connectivity index (χ3n) is 5.49. The van der Waals surface area contributed by atoms with Crippen LogP contribution in [0.15, 0.2) is 42.5 Å². The van der Waals surface area contributed by atoms with Crippen molar-refractivity contribution in [3.63, 3.8) is 0 Å². The Balaban J connectivity index is 1.42. The van der Waals surface area contributed by atoms with E-state index in [1.807, 2.05) is 24.3 Å². The lowest BCUT2D eigenvalue weighted by atomic mass is 10.0. The number of fused-ring (bicyclic) bond motifs is 1. The van der Waals surface area contributed by atoms with Crippen molar-refractivity contribution in [2.75, 3.05) is 6.54 Å². The second-order valence-corrected chi connectivity index (χ2v) is 7.97. The van der Waals surface area contributed by atoms with Crippen LogP contribution in [0.3, 0.4) is 0 Å². The van der Waals surface area contributed by atoms with Crippen LogP contribution in [0.5, 0.6) is 0 Å². The third kappa shape index (κ3) is 4.13. The number of carbonyl (C=O) groups is 2. The van der Waals surface area contributed by atoms with Crippen LogP contribution in [0.4, 0.5) is 4.39 Å². The Kier molecular flexibility index (Phi) is 5.93. The molecule has 0 radical (unpaired) electrons. The Morgan fingerprint density at radius 1 is 1.29 bits per heavy atom. The van der Waals surface area contributed by atoms with Crippen molar-refractivity contribution in [3.05, 3.63) is 64.6 Å². The first-order valence-electron chi connectivity index (χ1n) is 10.0. The fourth-order valence-corrected chi connectivity index (χ4v) is 3.94. The maximum Gasteiger partial charge on any atom is 0.245 e. The van der Waals surface area contributed by atoms with E-state index in [0.717, 1.165) is 10.9 Å². The molecule has 1 fully saturated rings. The molecule has 4 rings (SSSR count). The van der Waals surface area contributed by atoms with Crippen molar-refractivity contribution in [2.45, 2.75) is 38.6 Å². The monoisotopic (exact) mass is 444 g/mol. The van der Waals surface area contributed by atoms with E-state index in [2.05, 4.69) is 10.4 Å². The van der Waals surface area contributed by atoms with Gasteiger partial charge < -0.3 is 15.3 Å². The predicted octanol–water partition coefficient (Wildman–Crippen LogP) is 2.80. The molecule has 2 heterocycles. The van der Waals surface area contributed by atoms with Gasteiger partial charge in [-0.3, -0.25) is 14.3 Å². The van der Waals surface area contributed by atoms with Gasteiger partial charge in [-0.1, -0.05) is 41.9 Å². The Bertz CT molecular complexity index is 1150. The Hall–Kier alpha value is -2.97. The Morgan fingerprint density at radius 2 is 2.06 bits per heavy atom. The second-order valence-electron chi connectivity index (χ2n) is 7.56. The van der Waals surface area contributed by atoms with Crippen LogP contribution >= 0.6 is 11.6 Å². The van der Waals surface area contributed by atoms with Crippen LogP contribution < -0.4 is 5.32 Å². The number of halogens is 2. The highest BCUT2D eigenvalue weighted by atomic mass is 35.5. The van der Waals surface area contributed by atoms with Gasteiger partial charge in [-0.05, 0) is 25.5 Å². The van der Waals surface area contributed by atoms with Gasteiger partial charge in [0, 0.05) is 24.0 Å². The number of hydrogen-bond acceptors (Lipinski definition) is 4. The highest BCUT2D eigenvalue weighted by Gasteiger charge is 2.37. The summed E-state index contributed by atoms with van der Waals surface area (Å²) in [4.78, 5) is 26.9. The predicted molar refractivity (Wildman–Crippen MR) is 114 cm³/mol. The summed E-state index contributed by atoms with van der Waals surface area (Å²) in [5.74, 6) is -1.15. The standard InChI is InChI=1S/C22H22ClFN4O3/c1-13(29)21-15-6-2-3-8-17(15)28(26-21)12-19(30)27-10-9-18(27)22(31)25-11-14-5-4-7-16(23)20(14)24/h2-8,13,18,29H,9-12H2,1H3,(H,25,31). The first-order chi connectivity index (χ1) is 14.9. The molecule has 2 N–H and O–H groups in total. The van der Waals surface area contributed by atoms with Gasteiger partial charge in [0.25, 0.3) is 0 Å². The lowest BCUT2D eigenvalue weighted by molar-refractivity contribution is -0.148. The fourth-order valence-electron chi connectivity index (χ4n) is 3.74. The highest BCUT2D eigenvalue weighted by molar-refractivity contribution is 6.30. The summed E-state index contributed by atoms with van der Waals surface area (Å²) in [6.07, 6.45) is -0.232. The number of nitrogens with one attached hydrogen (secondary N) is 1. The van der Waals surface area contributed by atoms with Crippen molar-refractivity contribution >= 4 is 34.3 Å². The van der Waals surface area contributed by atoms with E-state index >= 15 is 0 Å². The minimum absolute atomic E-state index is 0.00443. The number of nitrogens with zero attached hydrogens (tertiary/aromatic N) is 3. The van der Waals surface area contributed by atoms with E-state index in [1.54, 1.807) is 23.7 Å². The molecule has 7 nitrogen and oxygen atoms in total. The van der Waals surface area contributed by atoms with Crippen LogP contribution in [0.1, 0.15) is 30.7 Å². The molecule has 0 spiro atoms. The second kappa shape index (κ2) is 8.64. The molecule has 3 aromatic rings. The SMILES string of the molecule is CC(O)c1nn(CC(=O)N2CCC2C(=O)NCc2cccc(Cl)c2F)c2ccccc12. The van der Waals surface area contributed by atoms with Gasteiger partial charge in [0.15, 0.2) is 0 Å². The molecule has 162 valence electrons. The Morgan fingerprint density at radius 3 is 2.77 bits per heavy atom. The highest BCUT2D eigenvalue weighted by Crippen LogP contribution is 2.25. The normalized spacial score (nSPS) is 16.8. The Labute approximate surface area is 183 Å². The molecule has 1 saturated heterocycles. The average Bonchev–Trinajstić information content (AvgIpc) is 3.07. The van der Waals surface area contributed by atoms with Gasteiger partial charge in [-0.25, -0.2) is 4.39 Å². The maximum atomic E-state index is 14.0. The van der Waals surface area contributed by atoms with E-state index in [9.17, 15) is 19.1 Å². The van der Waals surface area contributed by atoms with Crippen molar-refractivity contribution < 1.29 is 19.1 Å². The van der Waals surface area contributed by atoms with Gasteiger partial charge in [-0.15, -0.1) is 0 Å². The number of likely N-dealkylation sites (tertiary alicyclic amines) is 1.